The van der Waals surface area contributed by atoms with Crippen LogP contribution < -0.4 is 14.8 Å². The number of halogens is 1. The van der Waals surface area contributed by atoms with Crippen LogP contribution in [-0.2, 0) is 6.54 Å². The Morgan fingerprint density at radius 1 is 1.19 bits per heavy atom. The van der Waals surface area contributed by atoms with E-state index < -0.39 is 0 Å². The summed E-state index contributed by atoms with van der Waals surface area (Å²) in [6, 6.07) is 7.01. The molecule has 0 aliphatic heterocycles. The lowest BCUT2D eigenvalue weighted by Crippen LogP contribution is -2.22. The summed E-state index contributed by atoms with van der Waals surface area (Å²) >= 11 is 1.68. The molecule has 2 aromatic heterocycles. The van der Waals surface area contributed by atoms with Gasteiger partial charge in [-0.15, -0.1) is 0 Å². The maximum absolute atomic E-state index is 14.8. The van der Waals surface area contributed by atoms with Crippen LogP contribution in [0.5, 0.6) is 5.88 Å². The largest absolute Gasteiger partial charge is 0.477 e. The monoisotopic (exact) mass is 454 g/mol. The molecule has 1 aromatic carbocycles. The van der Waals surface area contributed by atoms with Gasteiger partial charge in [0.2, 0.25) is 11.8 Å². The van der Waals surface area contributed by atoms with Crippen LogP contribution in [0.4, 0.5) is 10.3 Å². The van der Waals surface area contributed by atoms with Gasteiger partial charge in [0.15, 0.2) is 0 Å². The van der Waals surface area contributed by atoms with Crippen molar-refractivity contribution < 1.29 is 9.13 Å². The van der Waals surface area contributed by atoms with Gasteiger partial charge in [-0.05, 0) is 50.3 Å². The van der Waals surface area contributed by atoms with Crippen LogP contribution in [0.3, 0.4) is 0 Å². The molecule has 1 atom stereocenters. The van der Waals surface area contributed by atoms with Crippen LogP contribution in [-0.4, -0.2) is 31.8 Å². The van der Waals surface area contributed by atoms with Gasteiger partial charge in [-0.25, -0.2) is 19.3 Å². The average molecular weight is 455 g/mol. The van der Waals surface area contributed by atoms with Crippen molar-refractivity contribution in [3.05, 3.63) is 59.9 Å². The number of rotatable bonds is 11. The zero-order valence-electron chi connectivity index (χ0n) is 18.2. The van der Waals surface area contributed by atoms with E-state index in [0.717, 1.165) is 12.1 Å². The molecule has 0 saturated heterocycles. The molecule has 0 spiro atoms. The maximum atomic E-state index is 14.8. The minimum absolute atomic E-state index is 0.00251. The average Bonchev–Trinajstić information content (AvgIpc) is 3.64. The molecule has 0 bridgehead atoms. The summed E-state index contributed by atoms with van der Waals surface area (Å²) in [6.45, 7) is 4.85. The third kappa shape index (κ3) is 5.92. The first-order chi connectivity index (χ1) is 15.7. The first kappa shape index (κ1) is 22.4. The van der Waals surface area contributed by atoms with E-state index in [-0.39, 0.29) is 11.9 Å². The summed E-state index contributed by atoms with van der Waals surface area (Å²) in [4.78, 5) is 17.4. The number of ether oxygens (including phenoxy) is 1. The maximum Gasteiger partial charge on any atom is 0.233 e. The van der Waals surface area contributed by atoms with E-state index in [9.17, 15) is 4.39 Å². The van der Waals surface area contributed by atoms with Crippen LogP contribution in [0.25, 0.3) is 11.3 Å². The molecule has 2 N–H and O–H groups in total. The Kier molecular flexibility index (Phi) is 7.49. The number of anilines is 1. The zero-order valence-corrected chi connectivity index (χ0v) is 19.0. The highest BCUT2D eigenvalue weighted by Crippen LogP contribution is 2.33. The molecule has 0 radical (unpaired) electrons. The summed E-state index contributed by atoms with van der Waals surface area (Å²) < 4.78 is 23.4. The van der Waals surface area contributed by atoms with E-state index in [4.69, 9.17) is 4.74 Å². The van der Waals surface area contributed by atoms with Gasteiger partial charge in [0.05, 0.1) is 30.4 Å². The topological polar surface area (TPSA) is 84.9 Å². The van der Waals surface area contributed by atoms with Crippen molar-refractivity contribution in [2.45, 2.75) is 50.9 Å². The van der Waals surface area contributed by atoms with Crippen LogP contribution in [0.15, 0.2) is 42.9 Å². The Bertz CT molecular complexity index is 1050. The van der Waals surface area contributed by atoms with Crippen molar-refractivity contribution in [1.29, 1.82) is 0 Å². The van der Waals surface area contributed by atoms with Crippen LogP contribution in [0.1, 0.15) is 50.4 Å². The standard InChI is InChI=1S/C23H27FN6OS/c1-3-19(20-9-10-26-23(29-20)30-32-17-7-8-17)27-12-16-6-5-15(11-18(16)24)21-13-25-14-22(28-21)31-4-2/h5-6,9-11,13-14,17,19,27H,3-4,7-8,12H2,1-2H3,(H,26,29,30). The van der Waals surface area contributed by atoms with E-state index in [0.29, 0.717) is 47.1 Å². The van der Waals surface area contributed by atoms with E-state index in [1.165, 1.54) is 18.9 Å². The summed E-state index contributed by atoms with van der Waals surface area (Å²) in [7, 11) is 0. The second-order valence-electron chi connectivity index (χ2n) is 7.55. The van der Waals surface area contributed by atoms with Crippen LogP contribution >= 0.6 is 11.9 Å². The predicted octanol–water partition coefficient (Wildman–Crippen LogP) is 4.93. The molecule has 168 valence electrons. The molecule has 1 aliphatic rings. The molecule has 7 nitrogen and oxygen atoms in total. The number of aromatic nitrogens is 4. The Labute approximate surface area is 191 Å². The molecule has 1 fully saturated rings. The first-order valence-corrected chi connectivity index (χ1v) is 11.8. The summed E-state index contributed by atoms with van der Waals surface area (Å²) in [5, 5.41) is 4.09. The first-order valence-electron chi connectivity index (χ1n) is 10.9. The van der Waals surface area contributed by atoms with Crippen molar-refractivity contribution in [2.75, 3.05) is 11.3 Å². The number of benzene rings is 1. The second kappa shape index (κ2) is 10.7. The molecular formula is C23H27FN6OS. The van der Waals surface area contributed by atoms with E-state index >= 15 is 0 Å². The zero-order chi connectivity index (χ0) is 22.3. The fourth-order valence-corrected chi connectivity index (χ4v) is 3.93. The fraction of sp³-hybridized carbons (Fsp3) is 0.391. The van der Waals surface area contributed by atoms with Crippen LogP contribution in [0.2, 0.25) is 0 Å². The highest BCUT2D eigenvalue weighted by molar-refractivity contribution is 8.01. The molecule has 2 heterocycles. The number of nitrogens with one attached hydrogen (secondary N) is 2. The number of hydrogen-bond acceptors (Lipinski definition) is 8. The molecule has 9 heteroatoms. The third-order valence-corrected chi connectivity index (χ3v) is 6.18. The van der Waals surface area contributed by atoms with Crippen molar-refractivity contribution in [2.24, 2.45) is 0 Å². The summed E-state index contributed by atoms with van der Waals surface area (Å²) in [6.07, 6.45) is 8.22. The minimum Gasteiger partial charge on any atom is -0.477 e. The summed E-state index contributed by atoms with van der Waals surface area (Å²) in [5.41, 5.74) is 2.71. The highest BCUT2D eigenvalue weighted by Gasteiger charge is 2.22. The molecular weight excluding hydrogens is 427 g/mol. The fourth-order valence-electron chi connectivity index (χ4n) is 3.18. The van der Waals surface area contributed by atoms with Crippen molar-refractivity contribution in [1.82, 2.24) is 25.3 Å². The van der Waals surface area contributed by atoms with E-state index in [1.54, 1.807) is 36.6 Å². The summed E-state index contributed by atoms with van der Waals surface area (Å²) in [5.74, 6) is 0.751. The van der Waals surface area contributed by atoms with Gasteiger partial charge in [-0.3, -0.25) is 9.71 Å². The molecule has 4 rings (SSSR count). The Morgan fingerprint density at radius 2 is 2.06 bits per heavy atom. The van der Waals surface area contributed by atoms with Gasteiger partial charge >= 0.3 is 0 Å². The molecule has 3 aromatic rings. The third-order valence-electron chi connectivity index (χ3n) is 5.08. The molecule has 32 heavy (non-hydrogen) atoms. The second-order valence-corrected chi connectivity index (χ2v) is 8.65. The molecule has 1 unspecified atom stereocenters. The van der Waals surface area contributed by atoms with E-state index in [1.807, 2.05) is 19.1 Å². The van der Waals surface area contributed by atoms with E-state index in [2.05, 4.69) is 36.9 Å². The Hall–Kier alpha value is -2.78. The lowest BCUT2D eigenvalue weighted by molar-refractivity contribution is 0.325. The molecule has 1 aliphatic carbocycles. The Balaban J connectivity index is 1.41. The lowest BCUT2D eigenvalue weighted by Gasteiger charge is -2.17. The van der Waals surface area contributed by atoms with Gasteiger partial charge in [-0.2, -0.15) is 0 Å². The lowest BCUT2D eigenvalue weighted by atomic mass is 10.1. The minimum atomic E-state index is -0.292. The highest BCUT2D eigenvalue weighted by atomic mass is 32.2. The van der Waals surface area contributed by atoms with Gasteiger partial charge in [0, 0.05) is 35.2 Å². The van der Waals surface area contributed by atoms with Crippen LogP contribution in [0, 0.1) is 5.82 Å². The van der Waals surface area contributed by atoms with Gasteiger partial charge in [-0.1, -0.05) is 19.1 Å². The van der Waals surface area contributed by atoms with Crippen molar-refractivity contribution in [3.63, 3.8) is 0 Å². The van der Waals surface area contributed by atoms with Crippen molar-refractivity contribution in [3.8, 4) is 17.1 Å². The quantitative estimate of drug-likeness (QED) is 0.394. The molecule has 1 saturated carbocycles. The Morgan fingerprint density at radius 3 is 2.81 bits per heavy atom. The normalized spacial score (nSPS) is 14.2. The molecule has 0 amide bonds. The van der Waals surface area contributed by atoms with Gasteiger partial charge in [0.25, 0.3) is 0 Å². The smallest absolute Gasteiger partial charge is 0.233 e. The van der Waals surface area contributed by atoms with Crippen molar-refractivity contribution >= 4 is 17.9 Å². The number of hydrogen-bond donors (Lipinski definition) is 2. The predicted molar refractivity (Wildman–Crippen MR) is 125 cm³/mol. The number of nitrogens with zero attached hydrogens (tertiary/aromatic N) is 4. The SMILES string of the molecule is CCOc1cncc(-c2ccc(CNC(CC)c3ccnc(NSC4CC4)n3)c(F)c2)n1. The van der Waals surface area contributed by atoms with Gasteiger partial charge in [0.1, 0.15) is 5.82 Å². The van der Waals surface area contributed by atoms with Gasteiger partial charge < -0.3 is 10.1 Å².